The van der Waals surface area contributed by atoms with E-state index in [9.17, 15) is 14.4 Å². The molecular formula is C21H17NO4. The molecule has 26 heavy (non-hydrogen) atoms. The van der Waals surface area contributed by atoms with Gasteiger partial charge in [-0.2, -0.15) is 0 Å². The third kappa shape index (κ3) is 5.42. The lowest BCUT2D eigenvalue weighted by Gasteiger charge is -2.03. The fourth-order valence-corrected chi connectivity index (χ4v) is 1.98. The van der Waals surface area contributed by atoms with Crippen molar-refractivity contribution in [1.82, 2.24) is 0 Å². The summed E-state index contributed by atoms with van der Waals surface area (Å²) in [5.74, 6) is -0.619. The molecule has 2 rings (SSSR count). The minimum atomic E-state index is -0.531. The van der Waals surface area contributed by atoms with Gasteiger partial charge < -0.3 is 10.1 Å². The summed E-state index contributed by atoms with van der Waals surface area (Å²) >= 11 is 0. The third-order valence-electron chi connectivity index (χ3n) is 3.31. The molecule has 0 bridgehead atoms. The van der Waals surface area contributed by atoms with E-state index in [1.807, 2.05) is 0 Å². The van der Waals surface area contributed by atoms with Crippen molar-refractivity contribution in [2.45, 2.75) is 0 Å². The molecular weight excluding hydrogens is 330 g/mol. The number of allylic oxidation sites excluding steroid dienone is 1. The second-order valence-corrected chi connectivity index (χ2v) is 5.16. The highest BCUT2D eigenvalue weighted by Crippen LogP contribution is 2.15. The summed E-state index contributed by atoms with van der Waals surface area (Å²) < 4.78 is 4.98. The van der Waals surface area contributed by atoms with E-state index in [0.29, 0.717) is 17.0 Å². The van der Waals surface area contributed by atoms with Crippen molar-refractivity contribution in [3.63, 3.8) is 0 Å². The highest BCUT2D eigenvalue weighted by Gasteiger charge is 2.03. The number of hydrogen-bond acceptors (Lipinski definition) is 4. The quantitative estimate of drug-likeness (QED) is 0.358. The fourth-order valence-electron chi connectivity index (χ4n) is 1.98. The van der Waals surface area contributed by atoms with Crippen molar-refractivity contribution in [1.29, 1.82) is 0 Å². The summed E-state index contributed by atoms with van der Waals surface area (Å²) in [5, 5.41) is 2.61. The molecule has 0 fully saturated rings. The number of amides is 1. The molecule has 0 aliphatic heterocycles. The lowest BCUT2D eigenvalue weighted by molar-refractivity contribution is -0.129. The number of nitrogens with one attached hydrogen (secondary N) is 1. The van der Waals surface area contributed by atoms with Crippen LogP contribution in [0, 0.1) is 0 Å². The molecule has 0 atom stereocenters. The van der Waals surface area contributed by atoms with Crippen LogP contribution in [0.3, 0.4) is 0 Å². The Morgan fingerprint density at radius 2 is 1.54 bits per heavy atom. The first-order valence-electron chi connectivity index (χ1n) is 7.72. The summed E-state index contributed by atoms with van der Waals surface area (Å²) in [4.78, 5) is 34.5. The lowest BCUT2D eigenvalue weighted by atomic mass is 10.1. The molecule has 0 aliphatic rings. The maximum atomic E-state index is 12.2. The Morgan fingerprint density at radius 1 is 0.885 bits per heavy atom. The smallest absolute Gasteiger partial charge is 0.335 e. The van der Waals surface area contributed by atoms with Gasteiger partial charge in [0.05, 0.1) is 0 Å². The number of anilines is 1. The van der Waals surface area contributed by atoms with E-state index < -0.39 is 5.97 Å². The maximum absolute atomic E-state index is 12.2. The molecule has 0 aliphatic carbocycles. The van der Waals surface area contributed by atoms with E-state index in [1.165, 1.54) is 12.2 Å². The minimum Gasteiger partial charge on any atom is -0.423 e. The number of ether oxygens (including phenoxy) is 1. The summed E-state index contributed by atoms with van der Waals surface area (Å²) in [5.41, 5.74) is 1.86. The first-order valence-corrected chi connectivity index (χ1v) is 7.72. The predicted molar refractivity (Wildman–Crippen MR) is 101 cm³/mol. The molecule has 0 saturated heterocycles. The van der Waals surface area contributed by atoms with Crippen LogP contribution in [0.1, 0.15) is 15.9 Å². The highest BCUT2D eigenvalue weighted by atomic mass is 16.5. The molecule has 0 spiro atoms. The zero-order valence-corrected chi connectivity index (χ0v) is 14.0. The highest BCUT2D eigenvalue weighted by molar-refractivity contribution is 6.07. The number of esters is 1. The molecule has 5 heteroatoms. The maximum Gasteiger partial charge on any atom is 0.335 e. The van der Waals surface area contributed by atoms with Gasteiger partial charge in [0.15, 0.2) is 5.78 Å². The van der Waals surface area contributed by atoms with E-state index in [1.54, 1.807) is 54.6 Å². The monoisotopic (exact) mass is 347 g/mol. The Labute approximate surface area is 151 Å². The van der Waals surface area contributed by atoms with Crippen LogP contribution in [0.25, 0.3) is 6.08 Å². The van der Waals surface area contributed by atoms with Crippen LogP contribution < -0.4 is 10.1 Å². The topological polar surface area (TPSA) is 72.5 Å². The van der Waals surface area contributed by atoms with Gasteiger partial charge in [0.2, 0.25) is 5.91 Å². The van der Waals surface area contributed by atoms with Gasteiger partial charge in [-0.15, -0.1) is 0 Å². The number of hydrogen-bond donors (Lipinski definition) is 1. The zero-order chi connectivity index (χ0) is 18.9. The Morgan fingerprint density at radius 3 is 2.12 bits per heavy atom. The number of benzene rings is 2. The molecule has 2 aromatic carbocycles. The predicted octanol–water partition coefficient (Wildman–Crippen LogP) is 3.80. The Bertz CT molecular complexity index is 862. The normalized spacial score (nSPS) is 10.2. The molecule has 0 heterocycles. The van der Waals surface area contributed by atoms with Crippen LogP contribution in [0.2, 0.25) is 0 Å². The first kappa shape index (κ1) is 18.6. The van der Waals surface area contributed by atoms with Crippen LogP contribution in [-0.4, -0.2) is 17.7 Å². The van der Waals surface area contributed by atoms with Gasteiger partial charge in [-0.3, -0.25) is 9.59 Å². The van der Waals surface area contributed by atoms with Gasteiger partial charge in [0, 0.05) is 17.3 Å². The number of ketones is 1. The van der Waals surface area contributed by atoms with Gasteiger partial charge >= 0.3 is 5.97 Å². The Balaban J connectivity index is 2.00. The fraction of sp³-hybridized carbons (Fsp3) is 0. The van der Waals surface area contributed by atoms with E-state index in [4.69, 9.17) is 4.74 Å². The Hall–Kier alpha value is -3.73. The van der Waals surface area contributed by atoms with Crippen LogP contribution >= 0.6 is 0 Å². The molecule has 0 radical (unpaired) electrons. The molecule has 0 saturated carbocycles. The second-order valence-electron chi connectivity index (χ2n) is 5.16. The lowest BCUT2D eigenvalue weighted by Crippen LogP contribution is -2.07. The first-order chi connectivity index (χ1) is 12.5. The number of carbonyl (C=O) groups is 3. The summed E-state index contributed by atoms with van der Waals surface area (Å²) in [6.07, 6.45) is 5.36. The van der Waals surface area contributed by atoms with E-state index >= 15 is 0 Å². The van der Waals surface area contributed by atoms with Crippen molar-refractivity contribution in [3.05, 3.63) is 91.0 Å². The number of carbonyl (C=O) groups excluding carboxylic acids is 3. The Kier molecular flexibility index (Phi) is 6.40. The average molecular weight is 347 g/mol. The van der Waals surface area contributed by atoms with Gasteiger partial charge in [-0.25, -0.2) is 4.79 Å². The van der Waals surface area contributed by atoms with Gasteiger partial charge in [-0.05, 0) is 54.1 Å². The van der Waals surface area contributed by atoms with E-state index in [2.05, 4.69) is 18.5 Å². The number of rotatable bonds is 7. The SMILES string of the molecule is C=CC(=O)Nc1ccc(C(=O)/C=C/c2ccc(OC(=O)C=C)cc2)cc1. The van der Waals surface area contributed by atoms with Crippen molar-refractivity contribution in [2.24, 2.45) is 0 Å². The molecule has 1 N–H and O–H groups in total. The molecule has 0 aromatic heterocycles. The summed E-state index contributed by atoms with van der Waals surface area (Å²) in [7, 11) is 0. The largest absolute Gasteiger partial charge is 0.423 e. The van der Waals surface area contributed by atoms with E-state index in [-0.39, 0.29) is 11.7 Å². The molecule has 0 unspecified atom stereocenters. The average Bonchev–Trinajstić information content (AvgIpc) is 2.67. The van der Waals surface area contributed by atoms with Gasteiger partial charge in [0.1, 0.15) is 5.75 Å². The molecule has 1 amide bonds. The van der Waals surface area contributed by atoms with Gasteiger partial charge in [-0.1, -0.05) is 31.4 Å². The summed E-state index contributed by atoms with van der Waals surface area (Å²) in [6, 6.07) is 13.3. The van der Waals surface area contributed by atoms with E-state index in [0.717, 1.165) is 11.6 Å². The van der Waals surface area contributed by atoms with Crippen molar-refractivity contribution in [2.75, 3.05) is 5.32 Å². The molecule has 5 nitrogen and oxygen atoms in total. The standard InChI is InChI=1S/C21H17NO4/c1-3-20(24)22-17-10-8-16(9-11-17)19(23)14-7-15-5-12-18(13-6-15)26-21(25)4-2/h3-14H,1-2H2,(H,22,24)/b14-7+. The van der Waals surface area contributed by atoms with Crippen LogP contribution in [-0.2, 0) is 9.59 Å². The van der Waals surface area contributed by atoms with Crippen LogP contribution in [0.4, 0.5) is 5.69 Å². The second kappa shape index (κ2) is 8.94. The van der Waals surface area contributed by atoms with Crippen LogP contribution in [0.5, 0.6) is 5.75 Å². The molecule has 130 valence electrons. The molecule has 2 aromatic rings. The van der Waals surface area contributed by atoms with Crippen molar-refractivity contribution in [3.8, 4) is 5.75 Å². The minimum absolute atomic E-state index is 0.172. The third-order valence-corrected chi connectivity index (χ3v) is 3.31. The van der Waals surface area contributed by atoms with Gasteiger partial charge in [0.25, 0.3) is 0 Å². The van der Waals surface area contributed by atoms with Crippen molar-refractivity contribution >= 4 is 29.4 Å². The summed E-state index contributed by atoms with van der Waals surface area (Å²) in [6.45, 7) is 6.70. The van der Waals surface area contributed by atoms with Crippen molar-refractivity contribution < 1.29 is 19.1 Å². The zero-order valence-electron chi connectivity index (χ0n) is 14.0. The van der Waals surface area contributed by atoms with Crippen LogP contribution in [0.15, 0.2) is 79.9 Å².